The fraction of sp³-hybridized carbons (Fsp3) is 0.231. The van der Waals surface area contributed by atoms with Crippen LogP contribution in [-0.4, -0.2) is 37.0 Å². The number of rotatable bonds is 6. The predicted molar refractivity (Wildman–Crippen MR) is 125 cm³/mol. The highest BCUT2D eigenvalue weighted by atomic mass is 19.1. The van der Waals surface area contributed by atoms with Gasteiger partial charge >= 0.3 is 0 Å². The second-order valence-corrected chi connectivity index (χ2v) is 8.03. The molecule has 3 aromatic rings. The maximum absolute atomic E-state index is 14.0. The first-order chi connectivity index (χ1) is 16.8. The Morgan fingerprint density at radius 3 is 2.60 bits per heavy atom. The number of hydrogen-bond acceptors (Lipinski definition) is 5. The molecule has 0 fully saturated rings. The average molecular weight is 482 g/mol. The summed E-state index contributed by atoms with van der Waals surface area (Å²) in [6.45, 7) is 2.14. The summed E-state index contributed by atoms with van der Waals surface area (Å²) in [7, 11) is 3.10. The summed E-state index contributed by atoms with van der Waals surface area (Å²) in [5.41, 5.74) is 1.54. The molecule has 0 spiro atoms. The van der Waals surface area contributed by atoms with Crippen molar-refractivity contribution in [2.24, 2.45) is 0 Å². The van der Waals surface area contributed by atoms with E-state index in [2.05, 4.69) is 5.32 Å². The maximum Gasteiger partial charge on any atom is 0.263 e. The number of halogens is 2. The second-order valence-electron chi connectivity index (χ2n) is 8.03. The zero-order valence-electron chi connectivity index (χ0n) is 19.4. The molecular formula is C26H24F2N2O5. The van der Waals surface area contributed by atoms with Gasteiger partial charge in [0.1, 0.15) is 28.9 Å². The van der Waals surface area contributed by atoms with Gasteiger partial charge in [0.15, 0.2) is 6.10 Å². The molecule has 0 saturated heterocycles. The maximum atomic E-state index is 14.0. The SMILES string of the molecule is COc1ccc(CN2Cc3cc(NC(=O)c4ccc(F)cc4F)ccc3OC(C)C2=O)c(OC)c1. The van der Waals surface area contributed by atoms with E-state index >= 15 is 0 Å². The van der Waals surface area contributed by atoms with Crippen LogP contribution >= 0.6 is 0 Å². The topological polar surface area (TPSA) is 77.1 Å². The van der Waals surface area contributed by atoms with Crippen molar-refractivity contribution in [2.45, 2.75) is 26.1 Å². The Balaban J connectivity index is 1.59. The van der Waals surface area contributed by atoms with Crippen LogP contribution in [0.15, 0.2) is 54.6 Å². The van der Waals surface area contributed by atoms with Crippen LogP contribution in [0.4, 0.5) is 14.5 Å². The number of nitrogens with one attached hydrogen (secondary N) is 1. The lowest BCUT2D eigenvalue weighted by molar-refractivity contribution is -0.138. The van der Waals surface area contributed by atoms with Gasteiger partial charge in [-0.1, -0.05) is 0 Å². The summed E-state index contributed by atoms with van der Waals surface area (Å²) in [5, 5.41) is 2.61. The average Bonchev–Trinajstić information content (AvgIpc) is 2.95. The van der Waals surface area contributed by atoms with Crippen LogP contribution in [0.25, 0.3) is 0 Å². The Kier molecular flexibility index (Phi) is 6.86. The van der Waals surface area contributed by atoms with Crippen LogP contribution in [0.3, 0.4) is 0 Å². The Labute approximate surface area is 201 Å². The smallest absolute Gasteiger partial charge is 0.263 e. The van der Waals surface area contributed by atoms with E-state index in [1.165, 1.54) is 0 Å². The van der Waals surface area contributed by atoms with E-state index in [9.17, 15) is 18.4 Å². The fourth-order valence-electron chi connectivity index (χ4n) is 3.87. The lowest BCUT2D eigenvalue weighted by Crippen LogP contribution is -2.37. The van der Waals surface area contributed by atoms with Crippen LogP contribution in [0, 0.1) is 11.6 Å². The molecule has 1 N–H and O–H groups in total. The molecule has 1 atom stereocenters. The van der Waals surface area contributed by atoms with Crippen molar-refractivity contribution in [1.82, 2.24) is 4.90 Å². The Morgan fingerprint density at radius 1 is 1.09 bits per heavy atom. The van der Waals surface area contributed by atoms with E-state index in [-0.39, 0.29) is 24.6 Å². The van der Waals surface area contributed by atoms with Gasteiger partial charge < -0.3 is 24.4 Å². The molecule has 1 heterocycles. The van der Waals surface area contributed by atoms with Crippen molar-refractivity contribution in [3.63, 3.8) is 0 Å². The number of amides is 2. The molecule has 1 aliphatic rings. The molecule has 35 heavy (non-hydrogen) atoms. The van der Waals surface area contributed by atoms with Crippen LogP contribution in [0.1, 0.15) is 28.4 Å². The van der Waals surface area contributed by atoms with E-state index in [1.54, 1.807) is 56.4 Å². The van der Waals surface area contributed by atoms with Gasteiger partial charge in [0.2, 0.25) is 0 Å². The van der Waals surface area contributed by atoms with E-state index < -0.39 is 23.6 Å². The number of methoxy groups -OCH3 is 2. The monoisotopic (exact) mass is 482 g/mol. The molecule has 0 aliphatic carbocycles. The summed E-state index contributed by atoms with van der Waals surface area (Å²) in [5.74, 6) is -0.945. The van der Waals surface area contributed by atoms with Gasteiger partial charge in [-0.05, 0) is 49.4 Å². The first-order valence-corrected chi connectivity index (χ1v) is 10.8. The lowest BCUT2D eigenvalue weighted by Gasteiger charge is -2.23. The minimum atomic E-state index is -0.959. The molecule has 182 valence electrons. The van der Waals surface area contributed by atoms with Gasteiger partial charge in [0, 0.05) is 42.0 Å². The third-order valence-corrected chi connectivity index (χ3v) is 5.67. The van der Waals surface area contributed by atoms with Crippen LogP contribution in [-0.2, 0) is 17.9 Å². The number of carbonyl (C=O) groups is 2. The van der Waals surface area contributed by atoms with Gasteiger partial charge in [-0.25, -0.2) is 8.78 Å². The zero-order chi connectivity index (χ0) is 25.1. The first kappa shape index (κ1) is 24.0. The third-order valence-electron chi connectivity index (χ3n) is 5.67. The number of nitrogens with zero attached hydrogens (tertiary/aromatic N) is 1. The molecule has 1 unspecified atom stereocenters. The Hall–Kier alpha value is -4.14. The van der Waals surface area contributed by atoms with Crippen LogP contribution in [0.5, 0.6) is 17.2 Å². The van der Waals surface area contributed by atoms with Crippen molar-refractivity contribution >= 4 is 17.5 Å². The molecule has 2 amide bonds. The highest BCUT2D eigenvalue weighted by Gasteiger charge is 2.29. The first-order valence-electron chi connectivity index (χ1n) is 10.8. The Morgan fingerprint density at radius 2 is 1.89 bits per heavy atom. The van der Waals surface area contributed by atoms with Gasteiger partial charge in [0.05, 0.1) is 19.8 Å². The highest BCUT2D eigenvalue weighted by Crippen LogP contribution is 2.32. The highest BCUT2D eigenvalue weighted by molar-refractivity contribution is 6.04. The minimum Gasteiger partial charge on any atom is -0.497 e. The van der Waals surface area contributed by atoms with E-state index in [0.29, 0.717) is 34.6 Å². The third kappa shape index (κ3) is 5.18. The van der Waals surface area contributed by atoms with E-state index in [4.69, 9.17) is 14.2 Å². The molecule has 0 aromatic heterocycles. The molecular weight excluding hydrogens is 458 g/mol. The molecule has 3 aromatic carbocycles. The lowest BCUT2D eigenvalue weighted by atomic mass is 10.1. The van der Waals surface area contributed by atoms with Crippen molar-refractivity contribution in [2.75, 3.05) is 19.5 Å². The van der Waals surface area contributed by atoms with E-state index in [0.717, 1.165) is 17.7 Å². The molecule has 0 radical (unpaired) electrons. The number of hydrogen-bond donors (Lipinski definition) is 1. The Bertz CT molecular complexity index is 1280. The van der Waals surface area contributed by atoms with Crippen molar-refractivity contribution in [3.05, 3.63) is 82.9 Å². The van der Waals surface area contributed by atoms with Crippen LogP contribution < -0.4 is 19.5 Å². The number of anilines is 1. The van der Waals surface area contributed by atoms with Gasteiger partial charge in [-0.2, -0.15) is 0 Å². The van der Waals surface area contributed by atoms with Crippen molar-refractivity contribution < 1.29 is 32.6 Å². The van der Waals surface area contributed by atoms with Gasteiger partial charge in [0.25, 0.3) is 11.8 Å². The normalized spacial score (nSPS) is 15.1. The van der Waals surface area contributed by atoms with Crippen molar-refractivity contribution in [1.29, 1.82) is 0 Å². The molecule has 7 nitrogen and oxygen atoms in total. The number of ether oxygens (including phenoxy) is 3. The quantitative estimate of drug-likeness (QED) is 0.558. The number of carbonyl (C=O) groups excluding carboxylic acids is 2. The summed E-state index contributed by atoms with van der Waals surface area (Å²) in [6, 6.07) is 13.0. The largest absolute Gasteiger partial charge is 0.497 e. The minimum absolute atomic E-state index is 0.210. The number of benzene rings is 3. The molecule has 9 heteroatoms. The molecule has 0 saturated carbocycles. The van der Waals surface area contributed by atoms with Crippen LogP contribution in [0.2, 0.25) is 0 Å². The van der Waals surface area contributed by atoms with E-state index in [1.807, 2.05) is 6.07 Å². The van der Waals surface area contributed by atoms with Gasteiger partial charge in [-0.15, -0.1) is 0 Å². The zero-order valence-corrected chi connectivity index (χ0v) is 19.4. The second kappa shape index (κ2) is 10.0. The number of fused-ring (bicyclic) bond motifs is 1. The molecule has 0 bridgehead atoms. The summed E-state index contributed by atoms with van der Waals surface area (Å²) in [6.07, 6.45) is -0.728. The fourth-order valence-corrected chi connectivity index (χ4v) is 3.87. The summed E-state index contributed by atoms with van der Waals surface area (Å²) < 4.78 is 43.7. The summed E-state index contributed by atoms with van der Waals surface area (Å²) in [4.78, 5) is 27.2. The standard InChI is InChI=1S/C26H24F2N2O5/c1-15-26(32)30(13-16-4-7-20(33-2)12-24(16)34-3)14-17-10-19(6-9-23(17)35-15)29-25(31)21-8-5-18(27)11-22(21)28/h4-12,15H,13-14H2,1-3H3,(H,29,31). The van der Waals surface area contributed by atoms with Gasteiger partial charge in [-0.3, -0.25) is 9.59 Å². The van der Waals surface area contributed by atoms with Crippen molar-refractivity contribution in [3.8, 4) is 17.2 Å². The predicted octanol–water partition coefficient (Wildman–Crippen LogP) is 4.54. The molecule has 1 aliphatic heterocycles. The summed E-state index contributed by atoms with van der Waals surface area (Å²) >= 11 is 0. The molecule has 4 rings (SSSR count).